The van der Waals surface area contributed by atoms with Crippen LogP contribution >= 0.6 is 0 Å². The lowest BCUT2D eigenvalue weighted by Crippen LogP contribution is -2.24. The van der Waals surface area contributed by atoms with Crippen LogP contribution in [0, 0.1) is 17.7 Å². The summed E-state index contributed by atoms with van der Waals surface area (Å²) in [6.07, 6.45) is -1.30. The standard InChI is InChI=1S/C14H17F2NO/c1-8(2)10(7-17)13(16)12-6-9-4-3-5-11(15)14(9)18-12/h3-6,8,10,13H,7,17H2,1-2H3. The highest BCUT2D eigenvalue weighted by Gasteiger charge is 2.27. The SMILES string of the molecule is CC(C)C(CN)C(F)c1cc2cccc(F)c2o1. The Morgan fingerprint density at radius 1 is 1.33 bits per heavy atom. The second kappa shape index (κ2) is 5.06. The molecule has 0 aliphatic carbocycles. The van der Waals surface area contributed by atoms with E-state index in [1.807, 2.05) is 13.8 Å². The number of fused-ring (bicyclic) bond motifs is 1. The monoisotopic (exact) mass is 253 g/mol. The highest BCUT2D eigenvalue weighted by atomic mass is 19.1. The van der Waals surface area contributed by atoms with Crippen molar-refractivity contribution in [2.45, 2.75) is 20.0 Å². The molecule has 2 unspecified atom stereocenters. The quantitative estimate of drug-likeness (QED) is 0.899. The molecule has 1 heterocycles. The molecular weight excluding hydrogens is 236 g/mol. The molecule has 98 valence electrons. The summed E-state index contributed by atoms with van der Waals surface area (Å²) in [6.45, 7) is 4.05. The number of nitrogens with two attached hydrogens (primary N) is 1. The summed E-state index contributed by atoms with van der Waals surface area (Å²) in [5.41, 5.74) is 5.69. The number of para-hydroxylation sites is 1. The molecule has 2 nitrogen and oxygen atoms in total. The number of halogens is 2. The molecule has 0 amide bonds. The van der Waals surface area contributed by atoms with E-state index in [0.29, 0.717) is 5.39 Å². The number of rotatable bonds is 4. The summed E-state index contributed by atoms with van der Waals surface area (Å²) in [7, 11) is 0. The van der Waals surface area contributed by atoms with Crippen molar-refractivity contribution in [3.63, 3.8) is 0 Å². The predicted molar refractivity (Wildman–Crippen MR) is 67.4 cm³/mol. The van der Waals surface area contributed by atoms with E-state index in [2.05, 4.69) is 0 Å². The van der Waals surface area contributed by atoms with Crippen molar-refractivity contribution < 1.29 is 13.2 Å². The molecule has 4 heteroatoms. The van der Waals surface area contributed by atoms with Crippen LogP contribution in [0.2, 0.25) is 0 Å². The first kappa shape index (κ1) is 13.0. The Labute approximate surface area is 105 Å². The summed E-state index contributed by atoms with van der Waals surface area (Å²) >= 11 is 0. The van der Waals surface area contributed by atoms with Crippen molar-refractivity contribution in [2.75, 3.05) is 6.54 Å². The van der Waals surface area contributed by atoms with Gasteiger partial charge in [-0.15, -0.1) is 0 Å². The second-order valence-electron chi connectivity index (χ2n) is 4.85. The minimum atomic E-state index is -1.30. The maximum absolute atomic E-state index is 14.3. The summed E-state index contributed by atoms with van der Waals surface area (Å²) in [5, 5.41) is 0.576. The highest BCUT2D eigenvalue weighted by Crippen LogP contribution is 2.34. The average molecular weight is 253 g/mol. The predicted octanol–water partition coefficient (Wildman–Crippen LogP) is 3.81. The van der Waals surface area contributed by atoms with Gasteiger partial charge in [0, 0.05) is 11.3 Å². The Morgan fingerprint density at radius 2 is 2.06 bits per heavy atom. The molecule has 0 spiro atoms. The fourth-order valence-corrected chi connectivity index (χ4v) is 2.12. The van der Waals surface area contributed by atoms with Gasteiger partial charge in [-0.3, -0.25) is 0 Å². The van der Waals surface area contributed by atoms with Crippen LogP contribution in [0.15, 0.2) is 28.7 Å². The van der Waals surface area contributed by atoms with Gasteiger partial charge in [-0.2, -0.15) is 0 Å². The van der Waals surface area contributed by atoms with Crippen molar-refractivity contribution in [3.05, 3.63) is 35.8 Å². The van der Waals surface area contributed by atoms with E-state index in [-0.39, 0.29) is 29.7 Å². The van der Waals surface area contributed by atoms with Gasteiger partial charge in [0.15, 0.2) is 17.6 Å². The maximum Gasteiger partial charge on any atom is 0.170 e. The van der Waals surface area contributed by atoms with E-state index in [1.165, 1.54) is 6.07 Å². The van der Waals surface area contributed by atoms with Gasteiger partial charge in [-0.1, -0.05) is 26.0 Å². The fourth-order valence-electron chi connectivity index (χ4n) is 2.12. The molecule has 1 aromatic carbocycles. The van der Waals surface area contributed by atoms with Gasteiger partial charge in [-0.05, 0) is 24.6 Å². The number of hydrogen-bond acceptors (Lipinski definition) is 2. The Balaban J connectivity index is 2.39. The summed E-state index contributed by atoms with van der Waals surface area (Å²) in [4.78, 5) is 0. The van der Waals surface area contributed by atoms with Gasteiger partial charge in [0.2, 0.25) is 0 Å². The van der Waals surface area contributed by atoms with E-state index >= 15 is 0 Å². The lowest BCUT2D eigenvalue weighted by atomic mass is 9.90. The van der Waals surface area contributed by atoms with Crippen molar-refractivity contribution in [3.8, 4) is 0 Å². The molecule has 0 saturated carbocycles. The minimum Gasteiger partial charge on any atom is -0.455 e. The molecule has 0 radical (unpaired) electrons. The van der Waals surface area contributed by atoms with Gasteiger partial charge < -0.3 is 10.2 Å². The number of alkyl halides is 1. The van der Waals surface area contributed by atoms with Crippen molar-refractivity contribution >= 4 is 11.0 Å². The number of benzene rings is 1. The van der Waals surface area contributed by atoms with Crippen LogP contribution in [0.5, 0.6) is 0 Å². The molecule has 0 bridgehead atoms. The van der Waals surface area contributed by atoms with E-state index < -0.39 is 12.0 Å². The highest BCUT2D eigenvalue weighted by molar-refractivity contribution is 5.78. The minimum absolute atomic E-state index is 0.100. The maximum atomic E-state index is 14.3. The van der Waals surface area contributed by atoms with Crippen LogP contribution in [-0.2, 0) is 0 Å². The van der Waals surface area contributed by atoms with Gasteiger partial charge in [-0.25, -0.2) is 8.78 Å². The van der Waals surface area contributed by atoms with E-state index in [4.69, 9.17) is 10.2 Å². The van der Waals surface area contributed by atoms with Crippen LogP contribution < -0.4 is 5.73 Å². The normalized spacial score (nSPS) is 15.2. The molecule has 18 heavy (non-hydrogen) atoms. The van der Waals surface area contributed by atoms with Crippen molar-refractivity contribution in [1.82, 2.24) is 0 Å². The molecule has 2 rings (SSSR count). The third kappa shape index (κ3) is 2.25. The summed E-state index contributed by atoms with van der Waals surface area (Å²) in [6, 6.07) is 6.12. The van der Waals surface area contributed by atoms with E-state index in [1.54, 1.807) is 18.2 Å². The molecule has 0 aliphatic heterocycles. The topological polar surface area (TPSA) is 39.2 Å². The Hall–Kier alpha value is -1.42. The van der Waals surface area contributed by atoms with Gasteiger partial charge in [0.1, 0.15) is 5.76 Å². The first-order chi connectivity index (χ1) is 8.54. The molecule has 2 N–H and O–H groups in total. The van der Waals surface area contributed by atoms with Gasteiger partial charge in [0.25, 0.3) is 0 Å². The first-order valence-corrected chi connectivity index (χ1v) is 6.06. The van der Waals surface area contributed by atoms with E-state index in [9.17, 15) is 8.78 Å². The van der Waals surface area contributed by atoms with Crippen LogP contribution in [0.4, 0.5) is 8.78 Å². The Kier molecular flexibility index (Phi) is 3.66. The molecule has 2 aromatic rings. The number of hydrogen-bond donors (Lipinski definition) is 1. The zero-order valence-corrected chi connectivity index (χ0v) is 10.5. The van der Waals surface area contributed by atoms with Gasteiger partial charge in [0.05, 0.1) is 0 Å². The average Bonchev–Trinajstić information content (AvgIpc) is 2.74. The smallest absolute Gasteiger partial charge is 0.170 e. The Bertz CT molecular complexity index is 536. The second-order valence-corrected chi connectivity index (χ2v) is 4.85. The van der Waals surface area contributed by atoms with Crippen LogP contribution in [0.3, 0.4) is 0 Å². The summed E-state index contributed by atoms with van der Waals surface area (Å²) < 4.78 is 33.1. The van der Waals surface area contributed by atoms with Crippen LogP contribution in [0.1, 0.15) is 25.8 Å². The lowest BCUT2D eigenvalue weighted by Gasteiger charge is -2.21. The van der Waals surface area contributed by atoms with Crippen LogP contribution in [0.25, 0.3) is 11.0 Å². The molecule has 0 aliphatic rings. The lowest BCUT2D eigenvalue weighted by molar-refractivity contribution is 0.163. The molecule has 2 atom stereocenters. The molecule has 1 aromatic heterocycles. The molecule has 0 fully saturated rings. The Morgan fingerprint density at radius 3 is 2.61 bits per heavy atom. The van der Waals surface area contributed by atoms with Crippen LogP contribution in [-0.4, -0.2) is 6.54 Å². The third-order valence-corrected chi connectivity index (χ3v) is 3.29. The zero-order valence-electron chi connectivity index (χ0n) is 10.5. The largest absolute Gasteiger partial charge is 0.455 e. The number of furan rings is 1. The zero-order chi connectivity index (χ0) is 13.3. The fraction of sp³-hybridized carbons (Fsp3) is 0.429. The molecule has 0 saturated heterocycles. The van der Waals surface area contributed by atoms with Crippen molar-refractivity contribution in [2.24, 2.45) is 17.6 Å². The van der Waals surface area contributed by atoms with Crippen molar-refractivity contribution in [1.29, 1.82) is 0 Å². The first-order valence-electron chi connectivity index (χ1n) is 6.06. The third-order valence-electron chi connectivity index (χ3n) is 3.29. The summed E-state index contributed by atoms with van der Waals surface area (Å²) in [5.74, 6) is -0.546. The van der Waals surface area contributed by atoms with E-state index in [0.717, 1.165) is 0 Å². The molecular formula is C14H17F2NO. The van der Waals surface area contributed by atoms with Gasteiger partial charge >= 0.3 is 0 Å².